The third-order valence-electron chi connectivity index (χ3n) is 5.46. The highest BCUT2D eigenvalue weighted by atomic mass is 16.2. The molecule has 10 heteroatoms. The van der Waals surface area contributed by atoms with Gasteiger partial charge in [0.2, 0.25) is 23.6 Å². The van der Waals surface area contributed by atoms with Gasteiger partial charge in [0.25, 0.3) is 0 Å². The van der Waals surface area contributed by atoms with Crippen LogP contribution in [0.1, 0.15) is 72.1 Å². The third-order valence-corrected chi connectivity index (χ3v) is 5.46. The number of ketones is 3. The molecule has 0 spiro atoms. The minimum absolute atomic E-state index is 0.00902. The topological polar surface area (TPSA) is 147 Å². The lowest BCUT2D eigenvalue weighted by Crippen LogP contribution is -2.33. The molecule has 2 N–H and O–H groups in total. The molecule has 1 fully saturated rings. The minimum Gasteiger partial charge on any atom is -0.356 e. The van der Waals surface area contributed by atoms with E-state index >= 15 is 0 Å². The van der Waals surface area contributed by atoms with Crippen molar-refractivity contribution in [2.45, 2.75) is 72.1 Å². The predicted octanol–water partition coefficient (Wildman–Crippen LogP) is 0.708. The van der Waals surface area contributed by atoms with Crippen molar-refractivity contribution in [1.29, 1.82) is 0 Å². The minimum atomic E-state index is -0.438. The Morgan fingerprint density at radius 3 is 2.06 bits per heavy atom. The lowest BCUT2D eigenvalue weighted by molar-refractivity contribution is -0.140. The van der Waals surface area contributed by atoms with Crippen LogP contribution in [0.25, 0.3) is 0 Å². The van der Waals surface area contributed by atoms with E-state index in [1.165, 1.54) is 11.8 Å². The van der Waals surface area contributed by atoms with Gasteiger partial charge in [-0.15, -0.1) is 0 Å². The maximum Gasteiger partial charge on any atom is 0.233 e. The zero-order valence-corrected chi connectivity index (χ0v) is 19.7. The van der Waals surface area contributed by atoms with Crippen LogP contribution in [0.4, 0.5) is 0 Å². The molecular weight excluding hydrogens is 430 g/mol. The van der Waals surface area contributed by atoms with Crippen molar-refractivity contribution >= 4 is 41.0 Å². The zero-order chi connectivity index (χ0) is 25.0. The standard InChI is InChI=1S/C23H35N3O7/c1-15(2)19-13-22(32)26(23(19)33)12-4-5-17(28)6-8-21(31)25-14-18(29)7-9-20(30)24-11-10-16(3)27/h15,19H,4-14H2,1-3H3,(H,24,30)(H,25,31). The first kappa shape index (κ1) is 28.1. The molecule has 1 rings (SSSR count). The molecule has 0 aromatic carbocycles. The van der Waals surface area contributed by atoms with Gasteiger partial charge in [-0.25, -0.2) is 0 Å². The van der Waals surface area contributed by atoms with E-state index in [-0.39, 0.29) is 111 Å². The van der Waals surface area contributed by atoms with Crippen LogP contribution in [0, 0.1) is 11.8 Å². The van der Waals surface area contributed by atoms with Crippen LogP contribution >= 0.6 is 0 Å². The van der Waals surface area contributed by atoms with Crippen LogP contribution in [0.15, 0.2) is 0 Å². The molecule has 0 bridgehead atoms. The summed E-state index contributed by atoms with van der Waals surface area (Å²) in [6.07, 6.45) is 0.866. The largest absolute Gasteiger partial charge is 0.356 e. The molecule has 0 radical (unpaired) electrons. The monoisotopic (exact) mass is 465 g/mol. The SMILES string of the molecule is CC(=O)CCNC(=O)CCC(=O)CNC(=O)CCC(=O)CCCN1C(=O)CC(C(C)C)C1=O. The average Bonchev–Trinajstić information content (AvgIpc) is 3.03. The van der Waals surface area contributed by atoms with Gasteiger partial charge >= 0.3 is 0 Å². The molecule has 1 aliphatic rings. The molecule has 1 saturated heterocycles. The number of nitrogens with one attached hydrogen (secondary N) is 2. The molecule has 1 heterocycles. The van der Waals surface area contributed by atoms with Crippen LogP contribution < -0.4 is 10.6 Å². The molecule has 0 aromatic heterocycles. The highest BCUT2D eigenvalue weighted by Gasteiger charge is 2.39. The molecular formula is C23H35N3O7. The summed E-state index contributed by atoms with van der Waals surface area (Å²) in [5, 5.41) is 4.97. The van der Waals surface area contributed by atoms with Gasteiger partial charge in [-0.05, 0) is 19.3 Å². The van der Waals surface area contributed by atoms with Crippen LogP contribution in [-0.4, -0.2) is 65.5 Å². The number of hydrogen-bond acceptors (Lipinski definition) is 7. The predicted molar refractivity (Wildman–Crippen MR) is 119 cm³/mol. The average molecular weight is 466 g/mol. The fourth-order valence-electron chi connectivity index (χ4n) is 3.37. The van der Waals surface area contributed by atoms with E-state index < -0.39 is 5.91 Å². The fourth-order valence-corrected chi connectivity index (χ4v) is 3.37. The van der Waals surface area contributed by atoms with Crippen molar-refractivity contribution in [3.63, 3.8) is 0 Å². The van der Waals surface area contributed by atoms with Crippen molar-refractivity contribution < 1.29 is 33.6 Å². The summed E-state index contributed by atoms with van der Waals surface area (Å²) < 4.78 is 0. The van der Waals surface area contributed by atoms with E-state index in [0.29, 0.717) is 6.42 Å². The van der Waals surface area contributed by atoms with Gasteiger partial charge in [-0.3, -0.25) is 38.5 Å². The second-order valence-corrected chi connectivity index (χ2v) is 8.70. The Kier molecular flexibility index (Phi) is 12.2. The number of nitrogens with zero attached hydrogens (tertiary/aromatic N) is 1. The highest BCUT2D eigenvalue weighted by molar-refractivity contribution is 6.03. The summed E-state index contributed by atoms with van der Waals surface area (Å²) in [5.74, 6) is -1.86. The Bertz CT molecular complexity index is 776. The molecule has 10 nitrogen and oxygen atoms in total. The van der Waals surface area contributed by atoms with Crippen molar-refractivity contribution in [3.8, 4) is 0 Å². The summed E-state index contributed by atoms with van der Waals surface area (Å²) in [6.45, 7) is 5.44. The Hall–Kier alpha value is -2.91. The lowest BCUT2D eigenvalue weighted by atomic mass is 9.94. The number of amides is 4. The van der Waals surface area contributed by atoms with Crippen molar-refractivity contribution in [1.82, 2.24) is 15.5 Å². The second kappa shape index (κ2) is 14.3. The summed E-state index contributed by atoms with van der Waals surface area (Å²) >= 11 is 0. The lowest BCUT2D eigenvalue weighted by Gasteiger charge is -2.16. The molecule has 0 aromatic rings. The van der Waals surface area contributed by atoms with Gasteiger partial charge in [0, 0.05) is 64.0 Å². The quantitative estimate of drug-likeness (QED) is 0.319. The van der Waals surface area contributed by atoms with E-state index in [4.69, 9.17) is 0 Å². The van der Waals surface area contributed by atoms with E-state index in [1.54, 1.807) is 0 Å². The molecule has 1 atom stereocenters. The molecule has 1 unspecified atom stereocenters. The van der Waals surface area contributed by atoms with E-state index in [2.05, 4.69) is 10.6 Å². The Morgan fingerprint density at radius 1 is 0.879 bits per heavy atom. The molecule has 0 aliphatic carbocycles. The van der Waals surface area contributed by atoms with Crippen LogP contribution in [0.2, 0.25) is 0 Å². The fraction of sp³-hybridized carbons (Fsp3) is 0.696. The molecule has 184 valence electrons. The summed E-state index contributed by atoms with van der Waals surface area (Å²) in [6, 6.07) is 0. The first-order valence-electron chi connectivity index (χ1n) is 11.4. The van der Waals surface area contributed by atoms with Crippen molar-refractivity contribution in [2.24, 2.45) is 11.8 Å². The summed E-state index contributed by atoms with van der Waals surface area (Å²) in [5.41, 5.74) is 0. The van der Waals surface area contributed by atoms with Crippen LogP contribution in [-0.2, 0) is 33.6 Å². The van der Waals surface area contributed by atoms with Crippen molar-refractivity contribution in [3.05, 3.63) is 0 Å². The molecule has 33 heavy (non-hydrogen) atoms. The molecule has 4 amide bonds. The van der Waals surface area contributed by atoms with Crippen LogP contribution in [0.5, 0.6) is 0 Å². The number of hydrogen-bond donors (Lipinski definition) is 2. The zero-order valence-electron chi connectivity index (χ0n) is 19.7. The number of carbonyl (C=O) groups excluding carboxylic acids is 7. The van der Waals surface area contributed by atoms with Gasteiger partial charge in [0.05, 0.1) is 6.54 Å². The van der Waals surface area contributed by atoms with Gasteiger partial charge in [-0.2, -0.15) is 0 Å². The Morgan fingerprint density at radius 2 is 1.48 bits per heavy atom. The number of likely N-dealkylation sites (tertiary alicyclic amines) is 1. The van der Waals surface area contributed by atoms with Gasteiger partial charge in [0.15, 0.2) is 5.78 Å². The smallest absolute Gasteiger partial charge is 0.233 e. The van der Waals surface area contributed by atoms with Gasteiger partial charge < -0.3 is 10.6 Å². The van der Waals surface area contributed by atoms with E-state index in [9.17, 15) is 33.6 Å². The van der Waals surface area contributed by atoms with E-state index in [0.717, 1.165) is 0 Å². The van der Waals surface area contributed by atoms with Crippen LogP contribution in [0.3, 0.4) is 0 Å². The number of carbonyl (C=O) groups is 7. The summed E-state index contributed by atoms with van der Waals surface area (Å²) in [7, 11) is 0. The normalized spacial score (nSPS) is 15.6. The van der Waals surface area contributed by atoms with Gasteiger partial charge in [-0.1, -0.05) is 13.8 Å². The molecule has 0 saturated carbocycles. The Balaban J connectivity index is 2.15. The second-order valence-electron chi connectivity index (χ2n) is 8.70. The first-order chi connectivity index (χ1) is 15.5. The number of Topliss-reactive ketones (excluding diaryl/α,β-unsaturated/α-hetero) is 3. The maximum atomic E-state index is 12.2. The van der Waals surface area contributed by atoms with Crippen molar-refractivity contribution in [2.75, 3.05) is 19.6 Å². The third kappa shape index (κ3) is 11.0. The van der Waals surface area contributed by atoms with Gasteiger partial charge in [0.1, 0.15) is 11.6 Å². The first-order valence-corrected chi connectivity index (χ1v) is 11.4. The Labute approximate surface area is 194 Å². The number of imide groups is 1. The highest BCUT2D eigenvalue weighted by Crippen LogP contribution is 2.26. The van der Waals surface area contributed by atoms with E-state index in [1.807, 2.05) is 13.8 Å². The summed E-state index contributed by atoms with van der Waals surface area (Å²) in [4.78, 5) is 83.4. The maximum absolute atomic E-state index is 12.2. The number of rotatable bonds is 16. The molecule has 1 aliphatic heterocycles.